The van der Waals surface area contributed by atoms with E-state index in [-0.39, 0.29) is 0 Å². The normalized spacial score (nSPS) is 23.4. The average Bonchev–Trinajstić information content (AvgIpc) is 2.89. The molecule has 0 saturated heterocycles. The third kappa shape index (κ3) is 2.20. The first-order chi connectivity index (χ1) is 9.27. The number of hydrogen-bond acceptors (Lipinski definition) is 4. The van der Waals surface area contributed by atoms with Crippen LogP contribution in [-0.2, 0) is 0 Å². The van der Waals surface area contributed by atoms with Crippen molar-refractivity contribution in [1.29, 1.82) is 0 Å². The van der Waals surface area contributed by atoms with E-state index in [1.54, 1.807) is 0 Å². The third-order valence-electron chi connectivity index (χ3n) is 4.07. The number of aromatic nitrogens is 4. The Hall–Kier alpha value is -1.91. The fourth-order valence-corrected chi connectivity index (χ4v) is 2.95. The number of tetrazole rings is 1. The van der Waals surface area contributed by atoms with E-state index in [1.165, 1.54) is 19.3 Å². The molecule has 1 aliphatic rings. The lowest BCUT2D eigenvalue weighted by atomic mass is 9.86. The zero-order valence-corrected chi connectivity index (χ0v) is 11.2. The SMILES string of the molecule is CC1CCCCC1n1nnnc1-c1ccccc1N. The predicted octanol–water partition coefficient (Wildman–Crippen LogP) is 2.67. The van der Waals surface area contributed by atoms with Crippen LogP contribution in [-0.4, -0.2) is 20.2 Å². The van der Waals surface area contributed by atoms with E-state index in [9.17, 15) is 0 Å². The highest BCUT2D eigenvalue weighted by Crippen LogP contribution is 2.35. The van der Waals surface area contributed by atoms with Crippen molar-refractivity contribution in [3.63, 3.8) is 0 Å². The van der Waals surface area contributed by atoms with Crippen molar-refractivity contribution in [2.24, 2.45) is 5.92 Å². The van der Waals surface area contributed by atoms with Crippen molar-refractivity contribution < 1.29 is 0 Å². The molecule has 2 N–H and O–H groups in total. The Balaban J connectivity index is 2.01. The molecule has 2 unspecified atom stereocenters. The highest BCUT2D eigenvalue weighted by molar-refractivity contribution is 5.71. The Labute approximate surface area is 112 Å². The second-order valence-corrected chi connectivity index (χ2v) is 5.36. The molecule has 19 heavy (non-hydrogen) atoms. The second-order valence-electron chi connectivity index (χ2n) is 5.36. The minimum Gasteiger partial charge on any atom is -0.398 e. The molecule has 2 aromatic rings. The van der Waals surface area contributed by atoms with Gasteiger partial charge in [-0.25, -0.2) is 4.68 Å². The molecule has 1 aromatic carbocycles. The summed E-state index contributed by atoms with van der Waals surface area (Å²) in [6.07, 6.45) is 4.95. The van der Waals surface area contributed by atoms with Crippen molar-refractivity contribution in [2.75, 3.05) is 5.73 Å². The Morgan fingerprint density at radius 1 is 1.21 bits per heavy atom. The molecule has 1 aromatic heterocycles. The molecule has 1 fully saturated rings. The van der Waals surface area contributed by atoms with Gasteiger partial charge in [0.25, 0.3) is 0 Å². The molecular weight excluding hydrogens is 238 g/mol. The number of nitrogen functional groups attached to an aromatic ring is 1. The summed E-state index contributed by atoms with van der Waals surface area (Å²) >= 11 is 0. The van der Waals surface area contributed by atoms with Crippen molar-refractivity contribution in [2.45, 2.75) is 38.6 Å². The molecule has 0 bridgehead atoms. The molecule has 100 valence electrons. The first-order valence-corrected chi connectivity index (χ1v) is 6.90. The molecule has 5 nitrogen and oxygen atoms in total. The van der Waals surface area contributed by atoms with Crippen LogP contribution in [0.4, 0.5) is 5.69 Å². The number of nitrogens with zero attached hydrogens (tertiary/aromatic N) is 4. The molecule has 0 aliphatic heterocycles. The molecule has 3 rings (SSSR count). The maximum absolute atomic E-state index is 6.04. The monoisotopic (exact) mass is 257 g/mol. The van der Waals surface area contributed by atoms with Crippen LogP contribution in [0.3, 0.4) is 0 Å². The van der Waals surface area contributed by atoms with Gasteiger partial charge in [0.15, 0.2) is 5.82 Å². The summed E-state index contributed by atoms with van der Waals surface area (Å²) in [5.41, 5.74) is 7.68. The summed E-state index contributed by atoms with van der Waals surface area (Å²) in [6.45, 7) is 2.28. The summed E-state index contributed by atoms with van der Waals surface area (Å²) in [4.78, 5) is 0. The van der Waals surface area contributed by atoms with Crippen LogP contribution in [0.1, 0.15) is 38.6 Å². The molecule has 5 heteroatoms. The number of hydrogen-bond donors (Lipinski definition) is 1. The van der Waals surface area contributed by atoms with Crippen molar-refractivity contribution in [3.05, 3.63) is 24.3 Å². The predicted molar refractivity (Wildman–Crippen MR) is 74.3 cm³/mol. The van der Waals surface area contributed by atoms with Crippen LogP contribution >= 0.6 is 0 Å². The lowest BCUT2D eigenvalue weighted by molar-refractivity contribution is 0.239. The Morgan fingerprint density at radius 2 is 2.00 bits per heavy atom. The number of rotatable bonds is 2. The summed E-state index contributed by atoms with van der Waals surface area (Å²) < 4.78 is 1.97. The summed E-state index contributed by atoms with van der Waals surface area (Å²) in [5, 5.41) is 12.2. The maximum atomic E-state index is 6.04. The Kier molecular flexibility index (Phi) is 3.19. The van der Waals surface area contributed by atoms with Gasteiger partial charge in [0.1, 0.15) is 0 Å². The topological polar surface area (TPSA) is 69.6 Å². The highest BCUT2D eigenvalue weighted by Gasteiger charge is 2.27. The van der Waals surface area contributed by atoms with E-state index >= 15 is 0 Å². The minimum atomic E-state index is 0.387. The van der Waals surface area contributed by atoms with Crippen LogP contribution in [0.25, 0.3) is 11.4 Å². The van der Waals surface area contributed by atoms with Gasteiger partial charge in [-0.2, -0.15) is 0 Å². The number of nitrogens with two attached hydrogens (primary N) is 1. The van der Waals surface area contributed by atoms with Crippen molar-refractivity contribution in [3.8, 4) is 11.4 Å². The third-order valence-corrected chi connectivity index (χ3v) is 4.07. The van der Waals surface area contributed by atoms with Crippen LogP contribution in [0.15, 0.2) is 24.3 Å². The molecule has 1 aliphatic carbocycles. The number of para-hydroxylation sites is 1. The summed E-state index contributed by atoms with van der Waals surface area (Å²) in [5.74, 6) is 1.40. The van der Waals surface area contributed by atoms with E-state index in [0.717, 1.165) is 23.5 Å². The van der Waals surface area contributed by atoms with Crippen LogP contribution in [0.5, 0.6) is 0 Å². The van der Waals surface area contributed by atoms with Crippen LogP contribution in [0, 0.1) is 5.92 Å². The van der Waals surface area contributed by atoms with Crippen LogP contribution < -0.4 is 5.73 Å². The van der Waals surface area contributed by atoms with Gasteiger partial charge in [-0.05, 0) is 41.3 Å². The van der Waals surface area contributed by atoms with E-state index in [4.69, 9.17) is 5.73 Å². The lowest BCUT2D eigenvalue weighted by Crippen LogP contribution is -2.23. The molecule has 2 atom stereocenters. The van der Waals surface area contributed by atoms with E-state index in [0.29, 0.717) is 12.0 Å². The van der Waals surface area contributed by atoms with Gasteiger partial charge < -0.3 is 5.73 Å². The van der Waals surface area contributed by atoms with Gasteiger partial charge in [-0.1, -0.05) is 31.9 Å². The Morgan fingerprint density at radius 3 is 2.79 bits per heavy atom. The minimum absolute atomic E-state index is 0.387. The van der Waals surface area contributed by atoms with E-state index in [1.807, 2.05) is 28.9 Å². The van der Waals surface area contributed by atoms with E-state index in [2.05, 4.69) is 22.4 Å². The smallest absolute Gasteiger partial charge is 0.184 e. The molecule has 1 heterocycles. The van der Waals surface area contributed by atoms with Gasteiger partial charge >= 0.3 is 0 Å². The van der Waals surface area contributed by atoms with Gasteiger partial charge in [0, 0.05) is 11.3 Å². The molecule has 0 amide bonds. The Bertz CT molecular complexity index is 562. The average molecular weight is 257 g/mol. The van der Waals surface area contributed by atoms with Crippen LogP contribution in [0.2, 0.25) is 0 Å². The highest BCUT2D eigenvalue weighted by atomic mass is 15.6. The zero-order valence-electron chi connectivity index (χ0n) is 11.2. The number of benzene rings is 1. The molecule has 0 radical (unpaired) electrons. The fraction of sp³-hybridized carbons (Fsp3) is 0.500. The summed E-state index contributed by atoms with van der Waals surface area (Å²) in [7, 11) is 0. The molecular formula is C14H19N5. The summed E-state index contributed by atoms with van der Waals surface area (Å²) in [6, 6.07) is 8.15. The molecule has 0 spiro atoms. The van der Waals surface area contributed by atoms with Gasteiger partial charge in [-0.15, -0.1) is 5.10 Å². The zero-order chi connectivity index (χ0) is 13.2. The fourth-order valence-electron chi connectivity index (χ4n) is 2.95. The number of anilines is 1. The van der Waals surface area contributed by atoms with Gasteiger partial charge in [0.05, 0.1) is 6.04 Å². The largest absolute Gasteiger partial charge is 0.398 e. The van der Waals surface area contributed by atoms with Gasteiger partial charge in [-0.3, -0.25) is 0 Å². The lowest BCUT2D eigenvalue weighted by Gasteiger charge is -2.29. The maximum Gasteiger partial charge on any atom is 0.184 e. The van der Waals surface area contributed by atoms with Crippen molar-refractivity contribution >= 4 is 5.69 Å². The second kappa shape index (κ2) is 4.99. The van der Waals surface area contributed by atoms with E-state index < -0.39 is 0 Å². The van der Waals surface area contributed by atoms with Gasteiger partial charge in [0.2, 0.25) is 0 Å². The van der Waals surface area contributed by atoms with Crippen molar-refractivity contribution in [1.82, 2.24) is 20.2 Å². The standard InChI is InChI=1S/C14H19N5/c1-10-6-2-5-9-13(10)19-14(16-17-18-19)11-7-3-4-8-12(11)15/h3-4,7-8,10,13H,2,5-6,9,15H2,1H3. The first kappa shape index (κ1) is 12.1. The first-order valence-electron chi connectivity index (χ1n) is 6.90. The quantitative estimate of drug-likeness (QED) is 0.840. The molecule has 1 saturated carbocycles.